The summed E-state index contributed by atoms with van der Waals surface area (Å²) in [7, 11) is 0. The summed E-state index contributed by atoms with van der Waals surface area (Å²) in [5.41, 5.74) is -0.428. The predicted octanol–water partition coefficient (Wildman–Crippen LogP) is 1.31. The summed E-state index contributed by atoms with van der Waals surface area (Å²) < 4.78 is 5.43. The average Bonchev–Trinajstić information content (AvgIpc) is 2.35. The molecule has 2 aliphatic heterocycles. The van der Waals surface area contributed by atoms with Crippen LogP contribution in [0, 0.1) is 5.92 Å². The standard InChI is InChI=1S/C14H26N2O3/c1-14(2,3)19-13(18)16-7-6-15-8-11(10-17)4-5-12(15)9-16/h11-12,17H,4-10H2,1-3H3/t11-,12+/m0/s1. The lowest BCUT2D eigenvalue weighted by Crippen LogP contribution is -2.58. The van der Waals surface area contributed by atoms with Crippen LogP contribution in [0.15, 0.2) is 0 Å². The molecular weight excluding hydrogens is 244 g/mol. The van der Waals surface area contributed by atoms with Crippen molar-refractivity contribution in [3.05, 3.63) is 0 Å². The van der Waals surface area contributed by atoms with Gasteiger partial charge in [-0.2, -0.15) is 0 Å². The Morgan fingerprint density at radius 3 is 2.63 bits per heavy atom. The van der Waals surface area contributed by atoms with E-state index in [4.69, 9.17) is 4.74 Å². The second-order valence-corrected chi connectivity index (χ2v) is 6.70. The molecule has 2 rings (SSSR count). The minimum absolute atomic E-state index is 0.198. The van der Waals surface area contributed by atoms with Crippen LogP contribution < -0.4 is 0 Å². The summed E-state index contributed by atoms with van der Waals surface area (Å²) >= 11 is 0. The molecule has 110 valence electrons. The monoisotopic (exact) mass is 270 g/mol. The number of piperazine rings is 1. The van der Waals surface area contributed by atoms with Crippen molar-refractivity contribution in [2.24, 2.45) is 5.92 Å². The highest BCUT2D eigenvalue weighted by Gasteiger charge is 2.35. The van der Waals surface area contributed by atoms with Gasteiger partial charge in [0.25, 0.3) is 0 Å². The van der Waals surface area contributed by atoms with Gasteiger partial charge in [0.15, 0.2) is 0 Å². The molecule has 0 aromatic carbocycles. The zero-order valence-corrected chi connectivity index (χ0v) is 12.3. The Morgan fingerprint density at radius 2 is 2.00 bits per heavy atom. The first-order valence-electron chi connectivity index (χ1n) is 7.22. The van der Waals surface area contributed by atoms with Crippen LogP contribution in [0.5, 0.6) is 0 Å². The Balaban J connectivity index is 1.87. The van der Waals surface area contributed by atoms with Crippen LogP contribution in [0.3, 0.4) is 0 Å². The minimum atomic E-state index is -0.428. The summed E-state index contributed by atoms with van der Waals surface area (Å²) in [4.78, 5) is 16.3. The number of aliphatic hydroxyl groups excluding tert-OH is 1. The lowest BCUT2D eigenvalue weighted by molar-refractivity contribution is -0.0132. The molecule has 0 saturated carbocycles. The fraction of sp³-hybridized carbons (Fsp3) is 0.929. The fourth-order valence-corrected chi connectivity index (χ4v) is 2.90. The van der Waals surface area contributed by atoms with E-state index in [0.717, 1.165) is 39.0 Å². The van der Waals surface area contributed by atoms with Crippen molar-refractivity contribution in [1.29, 1.82) is 0 Å². The second-order valence-electron chi connectivity index (χ2n) is 6.70. The molecule has 0 aromatic heterocycles. The first-order valence-corrected chi connectivity index (χ1v) is 7.22. The van der Waals surface area contributed by atoms with Crippen LogP contribution in [0.2, 0.25) is 0 Å². The molecule has 5 heteroatoms. The van der Waals surface area contributed by atoms with Crippen LogP contribution in [-0.2, 0) is 4.74 Å². The SMILES string of the molecule is CC(C)(C)OC(=O)N1CCN2C[C@@H](CO)CC[C@@H]2C1. The number of rotatable bonds is 1. The molecular formula is C14H26N2O3. The maximum absolute atomic E-state index is 12.1. The lowest BCUT2D eigenvalue weighted by Gasteiger charge is -2.46. The molecule has 0 radical (unpaired) electrons. The number of piperidine rings is 1. The number of hydrogen-bond donors (Lipinski definition) is 1. The van der Waals surface area contributed by atoms with Gasteiger partial charge in [0.1, 0.15) is 5.60 Å². The van der Waals surface area contributed by atoms with Gasteiger partial charge in [0.05, 0.1) is 0 Å². The van der Waals surface area contributed by atoms with Crippen molar-refractivity contribution in [1.82, 2.24) is 9.80 Å². The highest BCUT2D eigenvalue weighted by atomic mass is 16.6. The van der Waals surface area contributed by atoms with Crippen molar-refractivity contribution >= 4 is 6.09 Å². The molecule has 0 bridgehead atoms. The summed E-state index contributed by atoms with van der Waals surface area (Å²) in [6.45, 7) is 9.30. The zero-order chi connectivity index (χ0) is 14.0. The number of fused-ring (bicyclic) bond motifs is 1. The first kappa shape index (κ1) is 14.6. The maximum Gasteiger partial charge on any atom is 0.410 e. The molecule has 2 heterocycles. The first-order chi connectivity index (χ1) is 8.89. The average molecular weight is 270 g/mol. The topological polar surface area (TPSA) is 53.0 Å². The third-order valence-electron chi connectivity index (χ3n) is 3.92. The van der Waals surface area contributed by atoms with Crippen LogP contribution in [0.25, 0.3) is 0 Å². The molecule has 2 aliphatic rings. The van der Waals surface area contributed by atoms with Gasteiger partial charge in [0.2, 0.25) is 0 Å². The fourth-order valence-electron chi connectivity index (χ4n) is 2.90. The Kier molecular flexibility index (Phi) is 4.36. The van der Waals surface area contributed by atoms with Gasteiger partial charge < -0.3 is 14.7 Å². The molecule has 1 N–H and O–H groups in total. The van der Waals surface area contributed by atoms with E-state index >= 15 is 0 Å². The molecule has 2 fully saturated rings. The molecule has 1 amide bonds. The van der Waals surface area contributed by atoms with E-state index in [1.165, 1.54) is 0 Å². The van der Waals surface area contributed by atoms with E-state index in [-0.39, 0.29) is 12.7 Å². The normalized spacial score (nSPS) is 28.9. The van der Waals surface area contributed by atoms with Crippen LogP contribution in [0.1, 0.15) is 33.6 Å². The maximum atomic E-state index is 12.1. The second kappa shape index (κ2) is 5.67. The quantitative estimate of drug-likeness (QED) is 0.780. The smallest absolute Gasteiger partial charge is 0.410 e. The Hall–Kier alpha value is -0.810. The third-order valence-corrected chi connectivity index (χ3v) is 3.92. The number of hydrogen-bond acceptors (Lipinski definition) is 4. The van der Waals surface area contributed by atoms with Crippen molar-refractivity contribution in [3.8, 4) is 0 Å². The minimum Gasteiger partial charge on any atom is -0.444 e. The number of carbonyl (C=O) groups is 1. The number of aliphatic hydroxyl groups is 1. The molecule has 0 spiro atoms. The number of carbonyl (C=O) groups excluding carboxylic acids is 1. The predicted molar refractivity (Wildman–Crippen MR) is 73.0 cm³/mol. The Labute approximate surface area is 115 Å². The zero-order valence-electron chi connectivity index (χ0n) is 12.3. The van der Waals surface area contributed by atoms with Gasteiger partial charge in [-0.05, 0) is 39.5 Å². The van der Waals surface area contributed by atoms with Crippen molar-refractivity contribution in [3.63, 3.8) is 0 Å². The van der Waals surface area contributed by atoms with Crippen molar-refractivity contribution in [2.45, 2.75) is 45.3 Å². The molecule has 0 aromatic rings. The van der Waals surface area contributed by atoms with Crippen LogP contribution >= 0.6 is 0 Å². The van der Waals surface area contributed by atoms with Gasteiger partial charge >= 0.3 is 6.09 Å². The Bertz CT molecular complexity index is 327. The van der Waals surface area contributed by atoms with Gasteiger partial charge in [-0.25, -0.2) is 4.79 Å². The molecule has 0 unspecified atom stereocenters. The number of amides is 1. The van der Waals surface area contributed by atoms with E-state index in [1.54, 1.807) is 0 Å². The lowest BCUT2D eigenvalue weighted by atomic mass is 9.92. The van der Waals surface area contributed by atoms with Gasteiger partial charge in [-0.3, -0.25) is 4.90 Å². The highest BCUT2D eigenvalue weighted by molar-refractivity contribution is 5.68. The highest BCUT2D eigenvalue weighted by Crippen LogP contribution is 2.25. The molecule has 2 atom stereocenters. The molecule has 5 nitrogen and oxygen atoms in total. The van der Waals surface area contributed by atoms with E-state index < -0.39 is 5.60 Å². The van der Waals surface area contributed by atoms with E-state index in [1.807, 2.05) is 25.7 Å². The van der Waals surface area contributed by atoms with E-state index in [2.05, 4.69) is 4.90 Å². The van der Waals surface area contributed by atoms with Crippen molar-refractivity contribution in [2.75, 3.05) is 32.8 Å². The number of ether oxygens (including phenoxy) is 1. The third kappa shape index (κ3) is 3.83. The van der Waals surface area contributed by atoms with Crippen LogP contribution in [-0.4, -0.2) is 65.4 Å². The van der Waals surface area contributed by atoms with Crippen molar-refractivity contribution < 1.29 is 14.6 Å². The molecule has 0 aliphatic carbocycles. The summed E-state index contributed by atoms with van der Waals surface area (Å²) in [5, 5.41) is 9.24. The molecule has 19 heavy (non-hydrogen) atoms. The van der Waals surface area contributed by atoms with Gasteiger partial charge in [-0.15, -0.1) is 0 Å². The van der Waals surface area contributed by atoms with Gasteiger partial charge in [0, 0.05) is 38.8 Å². The molecule has 2 saturated heterocycles. The van der Waals surface area contributed by atoms with E-state index in [0.29, 0.717) is 12.0 Å². The van der Waals surface area contributed by atoms with Gasteiger partial charge in [-0.1, -0.05) is 0 Å². The summed E-state index contributed by atoms with van der Waals surface area (Å²) in [5.74, 6) is 0.407. The van der Waals surface area contributed by atoms with E-state index in [9.17, 15) is 9.90 Å². The number of nitrogens with zero attached hydrogens (tertiary/aromatic N) is 2. The summed E-state index contributed by atoms with van der Waals surface area (Å²) in [6.07, 6.45) is 1.92. The largest absolute Gasteiger partial charge is 0.444 e. The van der Waals surface area contributed by atoms with Crippen LogP contribution in [0.4, 0.5) is 4.79 Å². The Morgan fingerprint density at radius 1 is 1.26 bits per heavy atom. The summed E-state index contributed by atoms with van der Waals surface area (Å²) in [6, 6.07) is 0.434.